The van der Waals surface area contributed by atoms with E-state index in [1.807, 2.05) is 0 Å². The normalized spacial score (nSPS) is 20.1. The van der Waals surface area contributed by atoms with Crippen molar-refractivity contribution in [2.24, 2.45) is 0 Å². The highest BCUT2D eigenvalue weighted by molar-refractivity contribution is 5.77. The summed E-state index contributed by atoms with van der Waals surface area (Å²) in [5.41, 5.74) is 5.70. The summed E-state index contributed by atoms with van der Waals surface area (Å²) in [6, 6.07) is 4.22. The minimum absolute atomic E-state index is 0.0821. The van der Waals surface area contributed by atoms with Crippen LogP contribution in [0.3, 0.4) is 0 Å². The molecule has 0 spiro atoms. The van der Waals surface area contributed by atoms with E-state index >= 15 is 0 Å². The second-order valence-electron chi connectivity index (χ2n) is 3.22. The van der Waals surface area contributed by atoms with Gasteiger partial charge in [-0.1, -0.05) is 6.07 Å². The summed E-state index contributed by atoms with van der Waals surface area (Å²) in [4.78, 5) is 11.1. The number of nitrogens with two attached hydrogens (primary N) is 1. The number of esters is 1. The molecular formula is C10H10FNO3. The minimum atomic E-state index is -0.746. The Hall–Kier alpha value is -1.78. The van der Waals surface area contributed by atoms with E-state index in [9.17, 15) is 9.18 Å². The van der Waals surface area contributed by atoms with E-state index < -0.39 is 17.9 Å². The summed E-state index contributed by atoms with van der Waals surface area (Å²) in [6.07, 6.45) is -0.323. The molecule has 0 radical (unpaired) electrons. The fraction of sp³-hybridized carbons (Fsp3) is 0.300. The number of para-hydroxylation sites is 1. The van der Waals surface area contributed by atoms with E-state index in [4.69, 9.17) is 15.2 Å². The molecule has 80 valence electrons. The molecule has 4 nitrogen and oxygen atoms in total. The van der Waals surface area contributed by atoms with Gasteiger partial charge in [-0.15, -0.1) is 0 Å². The smallest absolute Gasteiger partial charge is 0.347 e. The minimum Gasteiger partial charge on any atom is -0.473 e. The Morgan fingerprint density at radius 3 is 2.93 bits per heavy atom. The third-order valence-corrected chi connectivity index (χ3v) is 2.14. The highest BCUT2D eigenvalue weighted by Crippen LogP contribution is 2.27. The van der Waals surface area contributed by atoms with E-state index in [0.29, 0.717) is 13.0 Å². The van der Waals surface area contributed by atoms with E-state index in [-0.39, 0.29) is 11.4 Å². The van der Waals surface area contributed by atoms with Crippen LogP contribution in [0.1, 0.15) is 6.42 Å². The van der Waals surface area contributed by atoms with Gasteiger partial charge in [0.25, 0.3) is 0 Å². The van der Waals surface area contributed by atoms with Gasteiger partial charge < -0.3 is 15.2 Å². The van der Waals surface area contributed by atoms with E-state index in [2.05, 4.69) is 0 Å². The lowest BCUT2D eigenvalue weighted by molar-refractivity contribution is -0.143. The largest absolute Gasteiger partial charge is 0.473 e. The molecule has 0 amide bonds. The summed E-state index contributed by atoms with van der Waals surface area (Å²) in [5, 5.41) is 0. The SMILES string of the molecule is Nc1cccc(F)c1OC1CCOC1=O. The maximum atomic E-state index is 13.3. The summed E-state index contributed by atoms with van der Waals surface area (Å²) < 4.78 is 23.1. The van der Waals surface area contributed by atoms with Gasteiger partial charge >= 0.3 is 5.97 Å². The first-order valence-corrected chi connectivity index (χ1v) is 4.56. The molecule has 1 aromatic rings. The number of benzene rings is 1. The number of hydrogen-bond acceptors (Lipinski definition) is 4. The lowest BCUT2D eigenvalue weighted by Crippen LogP contribution is -2.22. The molecule has 1 aliphatic heterocycles. The molecule has 2 rings (SSSR count). The Morgan fingerprint density at radius 1 is 1.53 bits per heavy atom. The summed E-state index contributed by atoms with van der Waals surface area (Å²) >= 11 is 0. The van der Waals surface area contributed by atoms with Crippen molar-refractivity contribution in [3.63, 3.8) is 0 Å². The molecule has 1 saturated heterocycles. The number of anilines is 1. The lowest BCUT2D eigenvalue weighted by atomic mass is 10.2. The monoisotopic (exact) mass is 211 g/mol. The Morgan fingerprint density at radius 2 is 2.33 bits per heavy atom. The molecule has 1 aromatic carbocycles. The van der Waals surface area contributed by atoms with Crippen molar-refractivity contribution in [2.75, 3.05) is 12.3 Å². The third kappa shape index (κ3) is 1.86. The van der Waals surface area contributed by atoms with Crippen molar-refractivity contribution in [3.8, 4) is 5.75 Å². The third-order valence-electron chi connectivity index (χ3n) is 2.14. The van der Waals surface area contributed by atoms with Gasteiger partial charge in [0.1, 0.15) is 0 Å². The van der Waals surface area contributed by atoms with Gasteiger partial charge in [0.05, 0.1) is 12.3 Å². The zero-order valence-corrected chi connectivity index (χ0v) is 7.90. The maximum Gasteiger partial charge on any atom is 0.347 e. The number of ether oxygens (including phenoxy) is 2. The molecule has 1 unspecified atom stereocenters. The van der Waals surface area contributed by atoms with Gasteiger partial charge in [-0.25, -0.2) is 9.18 Å². The first kappa shape index (κ1) is 9.76. The van der Waals surface area contributed by atoms with Crippen LogP contribution in [0.5, 0.6) is 5.75 Å². The number of carbonyl (C=O) groups excluding carboxylic acids is 1. The standard InChI is InChI=1S/C10H10FNO3/c11-6-2-1-3-7(12)9(6)15-8-4-5-14-10(8)13/h1-3,8H,4-5,12H2. The van der Waals surface area contributed by atoms with Crippen molar-refractivity contribution >= 4 is 11.7 Å². The van der Waals surface area contributed by atoms with E-state index in [1.165, 1.54) is 18.2 Å². The summed E-state index contributed by atoms with van der Waals surface area (Å²) in [6.45, 7) is 0.303. The first-order chi connectivity index (χ1) is 7.18. The Bertz CT molecular complexity index is 374. The second-order valence-corrected chi connectivity index (χ2v) is 3.22. The number of rotatable bonds is 2. The molecule has 1 heterocycles. The van der Waals surface area contributed by atoms with Crippen LogP contribution >= 0.6 is 0 Å². The number of nitrogen functional groups attached to an aromatic ring is 1. The molecule has 0 saturated carbocycles. The van der Waals surface area contributed by atoms with Gasteiger partial charge in [-0.2, -0.15) is 0 Å². The molecule has 15 heavy (non-hydrogen) atoms. The molecule has 5 heteroatoms. The average molecular weight is 211 g/mol. The molecule has 0 bridgehead atoms. The molecule has 1 aliphatic rings. The van der Waals surface area contributed by atoms with Crippen LogP contribution in [0.4, 0.5) is 10.1 Å². The van der Waals surface area contributed by atoms with Gasteiger partial charge in [0, 0.05) is 6.42 Å². The number of hydrogen-bond donors (Lipinski definition) is 1. The van der Waals surface area contributed by atoms with Crippen LogP contribution in [-0.2, 0) is 9.53 Å². The summed E-state index contributed by atoms with van der Waals surface area (Å²) in [5.74, 6) is -1.13. The van der Waals surface area contributed by atoms with Crippen LogP contribution in [0.15, 0.2) is 18.2 Å². The lowest BCUT2D eigenvalue weighted by Gasteiger charge is -2.12. The van der Waals surface area contributed by atoms with Crippen LogP contribution in [-0.4, -0.2) is 18.7 Å². The van der Waals surface area contributed by atoms with Gasteiger partial charge in [-0.3, -0.25) is 0 Å². The van der Waals surface area contributed by atoms with Crippen LogP contribution in [0, 0.1) is 5.82 Å². The van der Waals surface area contributed by atoms with Crippen molar-refractivity contribution in [1.29, 1.82) is 0 Å². The highest BCUT2D eigenvalue weighted by atomic mass is 19.1. The van der Waals surface area contributed by atoms with Gasteiger partial charge in [0.2, 0.25) is 0 Å². The topological polar surface area (TPSA) is 61.6 Å². The number of carbonyl (C=O) groups is 1. The average Bonchev–Trinajstić information content (AvgIpc) is 2.58. The Labute approximate surface area is 85.8 Å². The predicted molar refractivity (Wildman–Crippen MR) is 50.8 cm³/mol. The van der Waals surface area contributed by atoms with Crippen LogP contribution < -0.4 is 10.5 Å². The molecule has 2 N–H and O–H groups in total. The van der Waals surface area contributed by atoms with Gasteiger partial charge in [0.15, 0.2) is 17.7 Å². The van der Waals surface area contributed by atoms with Gasteiger partial charge in [-0.05, 0) is 12.1 Å². The number of cyclic esters (lactones) is 1. The fourth-order valence-electron chi connectivity index (χ4n) is 1.38. The molecule has 1 fully saturated rings. The van der Waals surface area contributed by atoms with Crippen molar-refractivity contribution in [2.45, 2.75) is 12.5 Å². The second kappa shape index (κ2) is 3.76. The fourth-order valence-corrected chi connectivity index (χ4v) is 1.38. The molecule has 0 aromatic heterocycles. The highest BCUT2D eigenvalue weighted by Gasteiger charge is 2.29. The van der Waals surface area contributed by atoms with E-state index in [1.54, 1.807) is 0 Å². The number of halogens is 1. The van der Waals surface area contributed by atoms with Crippen LogP contribution in [0.25, 0.3) is 0 Å². The van der Waals surface area contributed by atoms with Crippen molar-refractivity contribution in [1.82, 2.24) is 0 Å². The Balaban J connectivity index is 2.20. The molecular weight excluding hydrogens is 201 g/mol. The zero-order valence-electron chi connectivity index (χ0n) is 7.90. The van der Waals surface area contributed by atoms with Crippen molar-refractivity contribution in [3.05, 3.63) is 24.0 Å². The molecule has 1 atom stereocenters. The maximum absolute atomic E-state index is 13.3. The predicted octanol–water partition coefficient (Wildman–Crippen LogP) is 1.10. The summed E-state index contributed by atoms with van der Waals surface area (Å²) in [7, 11) is 0. The van der Waals surface area contributed by atoms with Crippen LogP contribution in [0.2, 0.25) is 0 Å². The zero-order chi connectivity index (χ0) is 10.8. The van der Waals surface area contributed by atoms with E-state index in [0.717, 1.165) is 0 Å². The first-order valence-electron chi connectivity index (χ1n) is 4.56. The quantitative estimate of drug-likeness (QED) is 0.587. The molecule has 0 aliphatic carbocycles. The Kier molecular flexibility index (Phi) is 2.45. The van der Waals surface area contributed by atoms with Crippen molar-refractivity contribution < 1.29 is 18.7 Å².